The fourth-order valence-corrected chi connectivity index (χ4v) is 5.10. The van der Waals surface area contributed by atoms with Gasteiger partial charge in [0.15, 0.2) is 0 Å². The van der Waals surface area contributed by atoms with Gasteiger partial charge in [0, 0.05) is 5.56 Å². The summed E-state index contributed by atoms with van der Waals surface area (Å²) >= 11 is 0. The zero-order valence-electron chi connectivity index (χ0n) is 17.1. The Balaban J connectivity index is 1.68. The molecule has 6 rings (SSSR count). The summed E-state index contributed by atoms with van der Waals surface area (Å²) in [5.41, 5.74) is 10.5. The van der Waals surface area contributed by atoms with Gasteiger partial charge in [-0.1, -0.05) is 48.5 Å². The first-order valence-corrected chi connectivity index (χ1v) is 10.7. The van der Waals surface area contributed by atoms with Gasteiger partial charge in [0.05, 0.1) is 29.4 Å². The molecule has 1 aromatic heterocycles. The zero-order chi connectivity index (χ0) is 20.1. The number of hydrogen-bond acceptors (Lipinski definition) is 1. The second-order valence-electron chi connectivity index (χ2n) is 8.14. The van der Waals surface area contributed by atoms with Crippen LogP contribution in [0.15, 0.2) is 77.2 Å². The van der Waals surface area contributed by atoms with E-state index in [1.807, 2.05) is 6.07 Å². The standard InChI is InChI=1S/C28H23O2/c1-29-21-13-16-23-20(17-21)12-15-25-26(19-8-3-2-4-9-19)24-14-11-18-7-5-6-10-22(18)27(24)30-28(23)25/h2-10,13,16-17H,11-12,14-15H2,1H3/q+1. The minimum absolute atomic E-state index is 0.906. The topological polar surface area (TPSA) is 20.5 Å². The van der Waals surface area contributed by atoms with Gasteiger partial charge in [-0.25, -0.2) is 4.42 Å². The normalized spacial score (nSPS) is 13.6. The van der Waals surface area contributed by atoms with Crippen molar-refractivity contribution in [2.75, 3.05) is 7.11 Å². The van der Waals surface area contributed by atoms with Gasteiger partial charge in [0.1, 0.15) is 5.75 Å². The summed E-state index contributed by atoms with van der Waals surface area (Å²) in [5, 5.41) is 0. The van der Waals surface area contributed by atoms with E-state index in [0.717, 1.165) is 43.0 Å². The molecule has 0 aliphatic heterocycles. The molecule has 30 heavy (non-hydrogen) atoms. The molecule has 0 bridgehead atoms. The molecule has 4 aromatic rings. The smallest absolute Gasteiger partial charge is 0.364 e. The second-order valence-corrected chi connectivity index (χ2v) is 8.14. The van der Waals surface area contributed by atoms with E-state index in [1.165, 1.54) is 44.5 Å². The van der Waals surface area contributed by atoms with Gasteiger partial charge in [-0.05, 0) is 66.6 Å². The number of ether oxygens (including phenoxy) is 1. The Bertz CT molecular complexity index is 1270. The van der Waals surface area contributed by atoms with Crippen molar-refractivity contribution in [2.45, 2.75) is 25.7 Å². The molecular weight excluding hydrogens is 368 g/mol. The Labute approximate surface area is 176 Å². The third-order valence-electron chi connectivity index (χ3n) is 6.53. The molecule has 0 spiro atoms. The molecule has 0 amide bonds. The van der Waals surface area contributed by atoms with Gasteiger partial charge in [-0.2, -0.15) is 0 Å². The van der Waals surface area contributed by atoms with Crippen LogP contribution in [0.2, 0.25) is 0 Å². The molecule has 3 aromatic carbocycles. The van der Waals surface area contributed by atoms with E-state index in [-0.39, 0.29) is 0 Å². The molecule has 0 fully saturated rings. The van der Waals surface area contributed by atoms with Gasteiger partial charge in [-0.15, -0.1) is 0 Å². The summed E-state index contributed by atoms with van der Waals surface area (Å²) in [6.07, 6.45) is 4.07. The van der Waals surface area contributed by atoms with Crippen LogP contribution >= 0.6 is 0 Å². The van der Waals surface area contributed by atoms with E-state index >= 15 is 0 Å². The van der Waals surface area contributed by atoms with Crippen LogP contribution in [0.4, 0.5) is 0 Å². The Morgan fingerprint density at radius 2 is 1.33 bits per heavy atom. The van der Waals surface area contributed by atoms with Crippen LogP contribution in [-0.4, -0.2) is 7.11 Å². The van der Waals surface area contributed by atoms with Crippen LogP contribution in [0.25, 0.3) is 33.8 Å². The minimum Gasteiger partial charge on any atom is -0.497 e. The number of hydrogen-bond donors (Lipinski definition) is 0. The highest BCUT2D eigenvalue weighted by Crippen LogP contribution is 2.47. The number of fused-ring (bicyclic) bond motifs is 6. The summed E-state index contributed by atoms with van der Waals surface area (Å²) in [4.78, 5) is 0. The number of methoxy groups -OCH3 is 1. The molecule has 0 unspecified atom stereocenters. The van der Waals surface area contributed by atoms with Gasteiger partial charge in [0.2, 0.25) is 0 Å². The minimum atomic E-state index is 0.906. The first-order chi connectivity index (χ1) is 14.8. The van der Waals surface area contributed by atoms with Crippen molar-refractivity contribution in [1.82, 2.24) is 0 Å². The molecule has 146 valence electrons. The van der Waals surface area contributed by atoms with Crippen molar-refractivity contribution in [3.05, 3.63) is 95.1 Å². The van der Waals surface area contributed by atoms with Crippen LogP contribution in [0, 0.1) is 0 Å². The van der Waals surface area contributed by atoms with Crippen LogP contribution in [0.5, 0.6) is 5.75 Å². The maximum absolute atomic E-state index is 6.77. The molecule has 2 aliphatic carbocycles. The van der Waals surface area contributed by atoms with Gasteiger partial charge < -0.3 is 4.74 Å². The fourth-order valence-electron chi connectivity index (χ4n) is 5.10. The number of benzene rings is 3. The van der Waals surface area contributed by atoms with Gasteiger partial charge in [-0.3, -0.25) is 0 Å². The second kappa shape index (κ2) is 6.84. The molecule has 2 heteroatoms. The third kappa shape index (κ3) is 2.60. The first-order valence-electron chi connectivity index (χ1n) is 10.7. The lowest BCUT2D eigenvalue weighted by molar-refractivity contribution is 0.414. The Hall–Kier alpha value is -3.39. The monoisotopic (exact) mass is 391 g/mol. The van der Waals surface area contributed by atoms with Gasteiger partial charge in [0.25, 0.3) is 0 Å². The highest BCUT2D eigenvalue weighted by Gasteiger charge is 2.38. The van der Waals surface area contributed by atoms with E-state index in [4.69, 9.17) is 9.15 Å². The molecule has 0 radical (unpaired) electrons. The van der Waals surface area contributed by atoms with Crippen LogP contribution in [0.3, 0.4) is 0 Å². The summed E-state index contributed by atoms with van der Waals surface area (Å²) in [6, 6.07) is 25.9. The molecule has 0 saturated heterocycles. The summed E-state index contributed by atoms with van der Waals surface area (Å²) in [5.74, 6) is 2.97. The van der Waals surface area contributed by atoms with Gasteiger partial charge >= 0.3 is 11.5 Å². The predicted octanol–water partition coefficient (Wildman–Crippen LogP) is 6.77. The first kappa shape index (κ1) is 17.5. The summed E-state index contributed by atoms with van der Waals surface area (Å²) in [6.45, 7) is 0. The van der Waals surface area contributed by atoms with E-state index < -0.39 is 0 Å². The molecule has 2 aliphatic rings. The zero-order valence-corrected chi connectivity index (χ0v) is 17.1. The highest BCUT2D eigenvalue weighted by atomic mass is 16.5. The number of aryl methyl sites for hydroxylation is 2. The molecule has 0 atom stereocenters. The Kier molecular flexibility index (Phi) is 3.98. The van der Waals surface area contributed by atoms with E-state index in [1.54, 1.807) is 7.11 Å². The van der Waals surface area contributed by atoms with E-state index in [9.17, 15) is 0 Å². The maximum Gasteiger partial charge on any atom is 0.364 e. The number of rotatable bonds is 2. The lowest BCUT2D eigenvalue weighted by Gasteiger charge is -2.22. The van der Waals surface area contributed by atoms with Crippen molar-refractivity contribution in [3.8, 4) is 39.5 Å². The quantitative estimate of drug-likeness (QED) is 0.352. The van der Waals surface area contributed by atoms with Crippen molar-refractivity contribution < 1.29 is 9.15 Å². The van der Waals surface area contributed by atoms with Crippen LogP contribution in [0.1, 0.15) is 22.3 Å². The largest absolute Gasteiger partial charge is 0.497 e. The molecule has 0 N–H and O–H groups in total. The van der Waals surface area contributed by atoms with Crippen molar-refractivity contribution in [3.63, 3.8) is 0 Å². The fraction of sp³-hybridized carbons (Fsp3) is 0.179. The average Bonchev–Trinajstić information content (AvgIpc) is 2.82. The predicted molar refractivity (Wildman–Crippen MR) is 121 cm³/mol. The SMILES string of the molecule is COc1ccc2c(c1)CCc1c-2[o+]c2c(c1-c1ccccc1)CCc1ccccc1-2. The summed E-state index contributed by atoms with van der Waals surface area (Å²) in [7, 11) is 1.73. The highest BCUT2D eigenvalue weighted by molar-refractivity contribution is 5.86. The Morgan fingerprint density at radius 3 is 2.10 bits per heavy atom. The molecule has 2 nitrogen and oxygen atoms in total. The summed E-state index contributed by atoms with van der Waals surface area (Å²) < 4.78 is 12.2. The van der Waals surface area contributed by atoms with Crippen molar-refractivity contribution in [2.24, 2.45) is 0 Å². The van der Waals surface area contributed by atoms with E-state index in [0.29, 0.717) is 0 Å². The molecular formula is C28H23O2+. The maximum atomic E-state index is 6.77. The Morgan fingerprint density at radius 1 is 0.667 bits per heavy atom. The van der Waals surface area contributed by atoms with Crippen LogP contribution in [-0.2, 0) is 25.7 Å². The molecule has 1 heterocycles. The van der Waals surface area contributed by atoms with Crippen LogP contribution < -0.4 is 4.74 Å². The third-order valence-corrected chi connectivity index (χ3v) is 6.53. The van der Waals surface area contributed by atoms with Crippen molar-refractivity contribution >= 4 is 0 Å². The van der Waals surface area contributed by atoms with E-state index in [2.05, 4.69) is 66.7 Å². The van der Waals surface area contributed by atoms with Crippen molar-refractivity contribution in [1.29, 1.82) is 0 Å². The lowest BCUT2D eigenvalue weighted by Crippen LogP contribution is -2.12. The molecule has 0 saturated carbocycles. The lowest BCUT2D eigenvalue weighted by atomic mass is 9.79. The average molecular weight is 391 g/mol.